The van der Waals surface area contributed by atoms with Gasteiger partial charge in [0.15, 0.2) is 0 Å². The topological polar surface area (TPSA) is 44.5 Å². The van der Waals surface area contributed by atoms with Crippen molar-refractivity contribution in [2.24, 2.45) is 0 Å². The average molecular weight is 264 g/mol. The van der Waals surface area contributed by atoms with Gasteiger partial charge in [0.1, 0.15) is 18.1 Å². The number of benzene rings is 2. The molecule has 0 saturated carbocycles. The number of nitrogen functional groups attached to an aromatic ring is 1. The number of halogens is 1. The van der Waals surface area contributed by atoms with Crippen molar-refractivity contribution in [3.8, 4) is 11.5 Å². The third kappa shape index (κ3) is 2.87. The van der Waals surface area contributed by atoms with Gasteiger partial charge in [-0.25, -0.2) is 0 Å². The van der Waals surface area contributed by atoms with Gasteiger partial charge < -0.3 is 15.2 Å². The molecular weight excluding hydrogens is 250 g/mol. The van der Waals surface area contributed by atoms with Gasteiger partial charge in [0.05, 0.1) is 12.8 Å². The lowest BCUT2D eigenvalue weighted by Gasteiger charge is -2.10. The van der Waals surface area contributed by atoms with E-state index >= 15 is 0 Å². The minimum absolute atomic E-state index is 0.409. The summed E-state index contributed by atoms with van der Waals surface area (Å²) >= 11 is 6.05. The van der Waals surface area contributed by atoms with Gasteiger partial charge in [-0.05, 0) is 18.2 Å². The molecule has 0 radical (unpaired) electrons. The molecule has 4 heteroatoms. The van der Waals surface area contributed by atoms with Crippen molar-refractivity contribution >= 4 is 17.3 Å². The van der Waals surface area contributed by atoms with Gasteiger partial charge in [-0.3, -0.25) is 0 Å². The molecule has 2 N–H and O–H groups in total. The van der Waals surface area contributed by atoms with Crippen LogP contribution in [0.15, 0.2) is 42.5 Å². The summed E-state index contributed by atoms with van der Waals surface area (Å²) in [6.45, 7) is 0.409. The highest BCUT2D eigenvalue weighted by Gasteiger charge is 2.03. The standard InChI is InChI=1S/C14H14ClNO2/c1-17-14-8-11(6-7-13(14)16)18-9-10-4-2-3-5-12(10)15/h2-8H,9,16H2,1H3. The van der Waals surface area contributed by atoms with Crippen LogP contribution in [-0.2, 0) is 6.61 Å². The summed E-state index contributed by atoms with van der Waals surface area (Å²) in [5, 5.41) is 0.694. The molecule has 0 spiro atoms. The van der Waals surface area contributed by atoms with Crippen LogP contribution in [0.2, 0.25) is 5.02 Å². The van der Waals surface area contributed by atoms with Crippen molar-refractivity contribution in [2.45, 2.75) is 6.61 Å². The molecule has 0 aromatic heterocycles. The summed E-state index contributed by atoms with van der Waals surface area (Å²) in [6, 6.07) is 12.9. The number of rotatable bonds is 4. The first-order chi connectivity index (χ1) is 8.70. The van der Waals surface area contributed by atoms with Crippen molar-refractivity contribution < 1.29 is 9.47 Å². The van der Waals surface area contributed by atoms with E-state index in [0.29, 0.717) is 28.8 Å². The molecule has 0 heterocycles. The number of hydrogen-bond donors (Lipinski definition) is 1. The summed E-state index contributed by atoms with van der Waals surface area (Å²) < 4.78 is 10.8. The Morgan fingerprint density at radius 1 is 1.17 bits per heavy atom. The maximum atomic E-state index is 6.05. The Morgan fingerprint density at radius 3 is 2.67 bits per heavy atom. The first-order valence-electron chi connectivity index (χ1n) is 5.50. The Labute approximate surface area is 111 Å². The molecule has 0 aliphatic rings. The minimum atomic E-state index is 0.409. The Morgan fingerprint density at radius 2 is 1.94 bits per heavy atom. The lowest BCUT2D eigenvalue weighted by Crippen LogP contribution is -1.98. The second kappa shape index (κ2) is 5.65. The molecule has 3 nitrogen and oxygen atoms in total. The molecule has 18 heavy (non-hydrogen) atoms. The van der Waals surface area contributed by atoms with Gasteiger partial charge in [-0.15, -0.1) is 0 Å². The number of methoxy groups -OCH3 is 1. The van der Waals surface area contributed by atoms with Crippen molar-refractivity contribution in [2.75, 3.05) is 12.8 Å². The second-order valence-corrected chi connectivity index (χ2v) is 4.19. The lowest BCUT2D eigenvalue weighted by atomic mass is 10.2. The largest absolute Gasteiger partial charge is 0.494 e. The van der Waals surface area contributed by atoms with Crippen LogP contribution in [0.1, 0.15) is 5.56 Å². The predicted molar refractivity (Wildman–Crippen MR) is 73.2 cm³/mol. The zero-order valence-corrected chi connectivity index (χ0v) is 10.8. The van der Waals surface area contributed by atoms with Crippen molar-refractivity contribution in [1.29, 1.82) is 0 Å². The molecule has 0 fully saturated rings. The van der Waals surface area contributed by atoms with Gasteiger partial charge in [-0.2, -0.15) is 0 Å². The number of hydrogen-bond acceptors (Lipinski definition) is 3. The Kier molecular flexibility index (Phi) is 3.95. The van der Waals surface area contributed by atoms with E-state index in [0.717, 1.165) is 5.56 Å². The minimum Gasteiger partial charge on any atom is -0.494 e. The zero-order valence-electron chi connectivity index (χ0n) is 10.0. The third-order valence-corrected chi connectivity index (χ3v) is 2.93. The zero-order chi connectivity index (χ0) is 13.0. The van der Waals surface area contributed by atoms with Crippen LogP contribution < -0.4 is 15.2 Å². The van der Waals surface area contributed by atoms with E-state index in [1.165, 1.54) is 0 Å². The van der Waals surface area contributed by atoms with Crippen molar-refractivity contribution in [3.05, 3.63) is 53.1 Å². The molecule has 0 atom stereocenters. The third-order valence-electron chi connectivity index (χ3n) is 2.56. The van der Waals surface area contributed by atoms with Gasteiger partial charge in [0, 0.05) is 16.7 Å². The average Bonchev–Trinajstić information content (AvgIpc) is 2.39. The fourth-order valence-corrected chi connectivity index (χ4v) is 1.75. The van der Waals surface area contributed by atoms with Gasteiger partial charge in [-0.1, -0.05) is 29.8 Å². The van der Waals surface area contributed by atoms with Gasteiger partial charge >= 0.3 is 0 Å². The maximum Gasteiger partial charge on any atom is 0.145 e. The first kappa shape index (κ1) is 12.6. The van der Waals surface area contributed by atoms with Crippen LogP contribution in [-0.4, -0.2) is 7.11 Å². The molecule has 2 aromatic carbocycles. The van der Waals surface area contributed by atoms with Crippen LogP contribution in [0.25, 0.3) is 0 Å². The van der Waals surface area contributed by atoms with E-state index in [2.05, 4.69) is 0 Å². The summed E-state index contributed by atoms with van der Waals surface area (Å²) in [4.78, 5) is 0. The maximum absolute atomic E-state index is 6.05. The Balaban J connectivity index is 2.09. The van der Waals surface area contributed by atoms with Crippen LogP contribution in [0.5, 0.6) is 11.5 Å². The fraction of sp³-hybridized carbons (Fsp3) is 0.143. The molecule has 0 aliphatic heterocycles. The number of anilines is 1. The van der Waals surface area contributed by atoms with Crippen molar-refractivity contribution in [1.82, 2.24) is 0 Å². The fourth-order valence-electron chi connectivity index (χ4n) is 1.56. The van der Waals surface area contributed by atoms with Crippen LogP contribution in [0.3, 0.4) is 0 Å². The van der Waals surface area contributed by atoms with Crippen LogP contribution >= 0.6 is 11.6 Å². The van der Waals surface area contributed by atoms with E-state index in [-0.39, 0.29) is 0 Å². The Hall–Kier alpha value is -1.87. The number of nitrogens with two attached hydrogens (primary N) is 1. The van der Waals surface area contributed by atoms with Crippen LogP contribution in [0, 0.1) is 0 Å². The molecule has 94 valence electrons. The van der Waals surface area contributed by atoms with E-state index in [1.54, 1.807) is 25.3 Å². The van der Waals surface area contributed by atoms with E-state index < -0.39 is 0 Å². The molecule has 0 saturated heterocycles. The summed E-state index contributed by atoms with van der Waals surface area (Å²) in [5.74, 6) is 1.30. The lowest BCUT2D eigenvalue weighted by molar-refractivity contribution is 0.304. The van der Waals surface area contributed by atoms with Gasteiger partial charge in [0.25, 0.3) is 0 Å². The highest BCUT2D eigenvalue weighted by atomic mass is 35.5. The molecule has 0 amide bonds. The summed E-state index contributed by atoms with van der Waals surface area (Å²) in [6.07, 6.45) is 0. The summed E-state index contributed by atoms with van der Waals surface area (Å²) in [7, 11) is 1.57. The molecule has 0 unspecified atom stereocenters. The van der Waals surface area contributed by atoms with E-state index in [4.69, 9.17) is 26.8 Å². The monoisotopic (exact) mass is 263 g/mol. The van der Waals surface area contributed by atoms with Gasteiger partial charge in [0.2, 0.25) is 0 Å². The normalized spacial score (nSPS) is 10.1. The highest BCUT2D eigenvalue weighted by Crippen LogP contribution is 2.27. The second-order valence-electron chi connectivity index (χ2n) is 3.78. The molecule has 2 aromatic rings. The molecular formula is C14H14ClNO2. The predicted octanol–water partition coefficient (Wildman–Crippen LogP) is 3.51. The van der Waals surface area contributed by atoms with E-state index in [9.17, 15) is 0 Å². The van der Waals surface area contributed by atoms with Crippen molar-refractivity contribution in [3.63, 3.8) is 0 Å². The highest BCUT2D eigenvalue weighted by molar-refractivity contribution is 6.31. The quantitative estimate of drug-likeness (QED) is 0.859. The molecule has 2 rings (SSSR count). The smallest absolute Gasteiger partial charge is 0.145 e. The van der Waals surface area contributed by atoms with E-state index in [1.807, 2.05) is 24.3 Å². The SMILES string of the molecule is COc1cc(OCc2ccccc2Cl)ccc1N. The Bertz CT molecular complexity index is 543. The summed E-state index contributed by atoms with van der Waals surface area (Å²) in [5.41, 5.74) is 7.26. The first-order valence-corrected chi connectivity index (χ1v) is 5.88. The molecule has 0 bridgehead atoms. The number of ether oxygens (including phenoxy) is 2. The van der Waals surface area contributed by atoms with Crippen LogP contribution in [0.4, 0.5) is 5.69 Å². The molecule has 0 aliphatic carbocycles.